The van der Waals surface area contributed by atoms with Gasteiger partial charge in [-0.1, -0.05) is 42.0 Å². The highest BCUT2D eigenvalue weighted by molar-refractivity contribution is 9.13. The van der Waals surface area contributed by atoms with Crippen LogP contribution in [0.5, 0.6) is 11.5 Å². The van der Waals surface area contributed by atoms with Crippen LogP contribution in [0.3, 0.4) is 0 Å². The third-order valence-electron chi connectivity index (χ3n) is 10.9. The molecule has 6 atom stereocenters. The molecule has 1 saturated carbocycles. The minimum Gasteiger partial charge on any atom is -0.503 e. The van der Waals surface area contributed by atoms with E-state index in [9.17, 15) is 24.3 Å². The van der Waals surface area contributed by atoms with Crippen LogP contribution < -0.4 is 4.74 Å². The Kier molecular flexibility index (Phi) is 8.35. The molecule has 3 aliphatic heterocycles. The topological polar surface area (TPSA) is 107 Å². The molecule has 13 heteroatoms. The lowest BCUT2D eigenvalue weighted by Crippen LogP contribution is -2.60. The molecule has 5 aliphatic rings. The van der Waals surface area contributed by atoms with E-state index < -0.39 is 45.2 Å². The van der Waals surface area contributed by atoms with Crippen molar-refractivity contribution in [1.82, 2.24) is 14.7 Å². The molecule has 248 valence electrons. The lowest BCUT2D eigenvalue weighted by Gasteiger charge is -2.51. The number of benzene rings is 2. The third kappa shape index (κ3) is 4.70. The molecule has 1 N–H and O–H groups in total. The number of imide groups is 2. The van der Waals surface area contributed by atoms with E-state index in [1.54, 1.807) is 6.07 Å². The largest absolute Gasteiger partial charge is 0.503 e. The maximum atomic E-state index is 14.4. The number of halogens is 4. The Morgan fingerprint density at radius 3 is 2.32 bits per heavy atom. The first kappa shape index (κ1) is 33.1. The van der Waals surface area contributed by atoms with E-state index in [4.69, 9.17) is 27.9 Å². The number of nitrogens with zero attached hydrogens (tertiary/aromatic N) is 3. The van der Waals surface area contributed by atoms with Gasteiger partial charge >= 0.3 is 0 Å². The van der Waals surface area contributed by atoms with Crippen LogP contribution in [0.1, 0.15) is 42.7 Å². The van der Waals surface area contributed by atoms with E-state index in [1.165, 1.54) is 24.6 Å². The van der Waals surface area contributed by atoms with Gasteiger partial charge in [-0.15, -0.1) is 23.2 Å². The Morgan fingerprint density at radius 1 is 0.979 bits per heavy atom. The second-order valence-corrected chi connectivity index (χ2v) is 16.0. The summed E-state index contributed by atoms with van der Waals surface area (Å²) in [4.78, 5) is 57.1. The number of methoxy groups -OCH3 is 1. The van der Waals surface area contributed by atoms with Crippen LogP contribution in [0.25, 0.3) is 0 Å². The molecule has 0 radical (unpaired) electrons. The first-order valence-electron chi connectivity index (χ1n) is 15.6. The SMILES string of the molecule is COc1cc(C2C3=CCC4C(=O)N(C5CCN(Cc6ccccc6)CC5)C(=O)C4C3CC3(Cl)C(=O)N(C)C(=O)C23Cl)c(Br)c(Br)c1O. The molecule has 4 fully saturated rings. The normalized spacial score (nSPS) is 32.8. The molecule has 4 amide bonds. The summed E-state index contributed by atoms with van der Waals surface area (Å²) in [6.07, 6.45) is 3.47. The Hall–Kier alpha value is -2.44. The molecule has 2 aliphatic carbocycles. The van der Waals surface area contributed by atoms with Crippen molar-refractivity contribution in [3.05, 3.63) is 68.1 Å². The van der Waals surface area contributed by atoms with E-state index in [1.807, 2.05) is 24.3 Å². The molecule has 0 spiro atoms. The summed E-state index contributed by atoms with van der Waals surface area (Å²) < 4.78 is 6.11. The highest BCUT2D eigenvalue weighted by Gasteiger charge is 2.76. The Morgan fingerprint density at radius 2 is 1.66 bits per heavy atom. The summed E-state index contributed by atoms with van der Waals surface area (Å²) in [5, 5.41) is 10.7. The summed E-state index contributed by atoms with van der Waals surface area (Å²) in [5.74, 6) is -4.76. The zero-order valence-corrected chi connectivity index (χ0v) is 30.4. The zero-order chi connectivity index (χ0) is 33.6. The van der Waals surface area contributed by atoms with Crippen LogP contribution in [0.2, 0.25) is 0 Å². The fourth-order valence-corrected chi connectivity index (χ4v) is 10.6. The molecule has 6 unspecified atom stereocenters. The van der Waals surface area contributed by atoms with Crippen molar-refractivity contribution < 1.29 is 29.0 Å². The molecule has 0 aromatic heterocycles. The molecule has 3 saturated heterocycles. The average Bonchev–Trinajstić information content (AvgIpc) is 3.40. The van der Waals surface area contributed by atoms with Gasteiger partial charge in [-0.2, -0.15) is 0 Å². The van der Waals surface area contributed by atoms with Crippen molar-refractivity contribution in [2.75, 3.05) is 27.2 Å². The monoisotopic (exact) mass is 807 g/mol. The summed E-state index contributed by atoms with van der Waals surface area (Å²) in [6.45, 7) is 2.33. The quantitative estimate of drug-likeness (QED) is 0.239. The molecule has 0 bridgehead atoms. The molecule has 47 heavy (non-hydrogen) atoms. The number of ether oxygens (including phenoxy) is 1. The second-order valence-electron chi connectivity index (χ2n) is 13.2. The summed E-state index contributed by atoms with van der Waals surface area (Å²) >= 11 is 21.6. The van der Waals surface area contributed by atoms with Gasteiger partial charge in [0.1, 0.15) is 0 Å². The maximum absolute atomic E-state index is 14.4. The highest BCUT2D eigenvalue weighted by atomic mass is 79.9. The van der Waals surface area contributed by atoms with Gasteiger partial charge < -0.3 is 9.84 Å². The summed E-state index contributed by atoms with van der Waals surface area (Å²) in [5.41, 5.74) is 2.35. The van der Waals surface area contributed by atoms with Gasteiger partial charge in [-0.05, 0) is 80.7 Å². The summed E-state index contributed by atoms with van der Waals surface area (Å²) in [6, 6.07) is 11.6. The molecule has 3 heterocycles. The minimum atomic E-state index is -1.95. The van der Waals surface area contributed by atoms with E-state index in [0.717, 1.165) is 24.5 Å². The van der Waals surface area contributed by atoms with E-state index >= 15 is 0 Å². The molecule has 7 rings (SSSR count). The lowest BCUT2D eigenvalue weighted by molar-refractivity contribution is -0.144. The molecular formula is C34H33Br2Cl2N3O6. The van der Waals surface area contributed by atoms with Crippen molar-refractivity contribution in [3.63, 3.8) is 0 Å². The van der Waals surface area contributed by atoms with Gasteiger partial charge in [-0.25, -0.2) is 0 Å². The van der Waals surface area contributed by atoms with E-state index in [2.05, 4.69) is 48.9 Å². The Balaban J connectivity index is 1.25. The van der Waals surface area contributed by atoms with Gasteiger partial charge in [-0.3, -0.25) is 33.9 Å². The van der Waals surface area contributed by atoms with Gasteiger partial charge in [0.25, 0.3) is 11.8 Å². The number of rotatable bonds is 5. The Labute approximate surface area is 299 Å². The van der Waals surface area contributed by atoms with Crippen molar-refractivity contribution in [2.24, 2.45) is 17.8 Å². The molecule has 2 aromatic carbocycles. The number of fused-ring (bicyclic) bond motifs is 4. The van der Waals surface area contributed by atoms with Crippen LogP contribution in [-0.2, 0) is 25.7 Å². The maximum Gasteiger partial charge on any atom is 0.253 e. The van der Waals surface area contributed by atoms with Crippen LogP contribution >= 0.6 is 55.1 Å². The van der Waals surface area contributed by atoms with E-state index in [-0.39, 0.29) is 46.7 Å². The van der Waals surface area contributed by atoms with Crippen LogP contribution in [0, 0.1) is 17.8 Å². The standard InChI is InChI=1S/C34H33Br2Cl2N3O6/c1-39-31(45)33(37)15-22-19(25(34(33,38)32(39)46)21-14-23(47-2)28(42)27(36)26(21)35)8-9-20-24(22)30(44)41(29(20)43)18-10-12-40(13-11-18)16-17-6-4-3-5-7-17/h3-8,14,18,20,22,24-25,42H,9-13,15-16H2,1-2H3. The lowest BCUT2D eigenvalue weighted by atomic mass is 9.56. The predicted molar refractivity (Wildman–Crippen MR) is 182 cm³/mol. The average molecular weight is 810 g/mol. The zero-order valence-electron chi connectivity index (χ0n) is 25.7. The first-order chi connectivity index (χ1) is 22.3. The Bertz CT molecular complexity index is 1730. The minimum absolute atomic E-state index is 0.0765. The number of piperidine rings is 1. The number of hydrogen-bond donors (Lipinski definition) is 1. The number of likely N-dealkylation sites (tertiary alicyclic amines) is 3. The van der Waals surface area contributed by atoms with Crippen molar-refractivity contribution in [3.8, 4) is 11.5 Å². The van der Waals surface area contributed by atoms with Crippen molar-refractivity contribution in [2.45, 2.75) is 53.9 Å². The number of phenolic OH excluding ortho intramolecular Hbond substituents is 1. The van der Waals surface area contributed by atoms with Crippen LogP contribution in [0.4, 0.5) is 0 Å². The number of carbonyl (C=O) groups excluding carboxylic acids is 4. The van der Waals surface area contributed by atoms with Gasteiger partial charge in [0.2, 0.25) is 11.8 Å². The molecular weight excluding hydrogens is 777 g/mol. The third-order valence-corrected chi connectivity index (χ3v) is 14.5. The number of amides is 4. The molecule has 2 aromatic rings. The van der Waals surface area contributed by atoms with Crippen molar-refractivity contribution in [1.29, 1.82) is 0 Å². The van der Waals surface area contributed by atoms with Crippen molar-refractivity contribution >= 4 is 78.7 Å². The smallest absolute Gasteiger partial charge is 0.253 e. The number of alkyl halides is 2. The fourth-order valence-electron chi connectivity index (χ4n) is 8.63. The van der Waals surface area contributed by atoms with Gasteiger partial charge in [0.15, 0.2) is 21.2 Å². The number of aromatic hydroxyl groups is 1. The van der Waals surface area contributed by atoms with Crippen LogP contribution in [-0.4, -0.2) is 86.5 Å². The number of phenols is 1. The number of hydrogen-bond acceptors (Lipinski definition) is 7. The van der Waals surface area contributed by atoms with Gasteiger partial charge in [0.05, 0.1) is 23.4 Å². The fraction of sp³-hybridized carbons (Fsp3) is 0.471. The van der Waals surface area contributed by atoms with Crippen LogP contribution in [0.15, 0.2) is 57.0 Å². The molecule has 9 nitrogen and oxygen atoms in total. The van der Waals surface area contributed by atoms with Gasteiger partial charge in [0, 0.05) is 43.1 Å². The number of allylic oxidation sites excluding steroid dienone is 2. The summed E-state index contributed by atoms with van der Waals surface area (Å²) in [7, 11) is 2.75. The van der Waals surface area contributed by atoms with E-state index in [0.29, 0.717) is 28.5 Å². The first-order valence-corrected chi connectivity index (χ1v) is 18.0. The predicted octanol–water partition coefficient (Wildman–Crippen LogP) is 5.58. The number of carbonyl (C=O) groups is 4. The second kappa shape index (κ2) is 11.9. The highest BCUT2D eigenvalue weighted by Crippen LogP contribution is 2.66.